The van der Waals surface area contributed by atoms with Gasteiger partial charge in [0.2, 0.25) is 5.91 Å². The number of ether oxygens (including phenoxy) is 1. The molecule has 7 heteroatoms. The number of amides is 1. The van der Waals surface area contributed by atoms with Crippen LogP contribution in [0, 0.1) is 17.8 Å². The van der Waals surface area contributed by atoms with Crippen LogP contribution < -0.4 is 21.4 Å². The zero-order valence-corrected chi connectivity index (χ0v) is 14.4. The van der Waals surface area contributed by atoms with Crippen molar-refractivity contribution in [3.8, 4) is 0 Å². The largest absolute Gasteiger partial charge is 0.364 e. The van der Waals surface area contributed by atoms with E-state index in [9.17, 15) is 4.79 Å². The number of carbonyl (C=O) groups is 1. The minimum Gasteiger partial charge on any atom is -0.364 e. The van der Waals surface area contributed by atoms with E-state index in [-0.39, 0.29) is 24.3 Å². The zero-order chi connectivity index (χ0) is 16.5. The van der Waals surface area contributed by atoms with Gasteiger partial charge >= 0.3 is 0 Å². The molecular formula is C17H30N4O3. The first kappa shape index (κ1) is 16.7. The van der Waals surface area contributed by atoms with Crippen LogP contribution in [-0.4, -0.2) is 43.7 Å². The standard InChI is InChI=1S/C17H30N4O3/c1-2-15-20-16(21-24-15)11-3-5-12-10(7-11)4-6-13(12)19-17(22)14-8-23-9-18-14/h10-16,18,20-21H,2-9H2,1H3,(H,19,22)/t10?,11?,12?,13-,14?,15?,16?/m1/s1. The van der Waals surface area contributed by atoms with Crippen LogP contribution in [0.3, 0.4) is 0 Å². The van der Waals surface area contributed by atoms with Crippen molar-refractivity contribution in [2.75, 3.05) is 13.3 Å². The molecule has 4 fully saturated rings. The molecule has 0 bridgehead atoms. The highest BCUT2D eigenvalue weighted by atomic mass is 16.7. The first-order valence-electron chi connectivity index (χ1n) is 9.53. The van der Waals surface area contributed by atoms with Crippen molar-refractivity contribution >= 4 is 5.91 Å². The Hall–Kier alpha value is -0.730. The van der Waals surface area contributed by atoms with Gasteiger partial charge in [-0.15, -0.1) is 0 Å². The van der Waals surface area contributed by atoms with E-state index in [1.807, 2.05) is 0 Å². The van der Waals surface area contributed by atoms with E-state index in [0.717, 1.165) is 18.8 Å². The number of hydrogen-bond donors (Lipinski definition) is 4. The Bertz CT molecular complexity index is 457. The normalized spacial score (nSPS) is 45.3. The summed E-state index contributed by atoms with van der Waals surface area (Å²) in [6.45, 7) is 3.11. The number of hydroxylamine groups is 1. The van der Waals surface area contributed by atoms with Crippen LogP contribution in [0.1, 0.15) is 45.4 Å². The smallest absolute Gasteiger partial charge is 0.239 e. The molecule has 136 valence electrons. The molecule has 0 aromatic heterocycles. The van der Waals surface area contributed by atoms with E-state index in [4.69, 9.17) is 9.57 Å². The van der Waals surface area contributed by atoms with Crippen LogP contribution in [0.25, 0.3) is 0 Å². The van der Waals surface area contributed by atoms with Gasteiger partial charge < -0.3 is 10.1 Å². The second-order valence-corrected chi connectivity index (χ2v) is 7.74. The first-order valence-corrected chi connectivity index (χ1v) is 9.53. The molecule has 4 N–H and O–H groups in total. The number of carbonyl (C=O) groups excluding carboxylic acids is 1. The molecule has 0 spiro atoms. The van der Waals surface area contributed by atoms with Gasteiger partial charge in [-0.05, 0) is 56.3 Å². The van der Waals surface area contributed by atoms with E-state index in [1.165, 1.54) is 25.7 Å². The number of fused-ring (bicyclic) bond motifs is 1. The van der Waals surface area contributed by atoms with Gasteiger partial charge in [0, 0.05) is 6.04 Å². The zero-order valence-electron chi connectivity index (χ0n) is 14.4. The Labute approximate surface area is 143 Å². The third-order valence-corrected chi connectivity index (χ3v) is 6.35. The highest BCUT2D eigenvalue weighted by Crippen LogP contribution is 2.45. The number of hydrogen-bond acceptors (Lipinski definition) is 6. The van der Waals surface area contributed by atoms with Crippen LogP contribution >= 0.6 is 0 Å². The fourth-order valence-electron chi connectivity index (χ4n) is 4.98. The molecule has 2 saturated carbocycles. The molecule has 2 aliphatic carbocycles. The Morgan fingerprint density at radius 1 is 1.21 bits per heavy atom. The maximum atomic E-state index is 12.3. The van der Waals surface area contributed by atoms with Crippen LogP contribution in [0.2, 0.25) is 0 Å². The lowest BCUT2D eigenvalue weighted by Crippen LogP contribution is -2.49. The molecule has 2 saturated heterocycles. The van der Waals surface area contributed by atoms with E-state index in [1.54, 1.807) is 0 Å². The van der Waals surface area contributed by atoms with Crippen LogP contribution in [0.4, 0.5) is 0 Å². The predicted octanol–water partition coefficient (Wildman–Crippen LogP) is 0.430. The van der Waals surface area contributed by atoms with Gasteiger partial charge in [0.05, 0.1) is 19.5 Å². The average Bonchev–Trinajstić information content (AvgIpc) is 3.35. The molecule has 0 radical (unpaired) electrons. The van der Waals surface area contributed by atoms with Gasteiger partial charge in [0.25, 0.3) is 0 Å². The molecule has 1 amide bonds. The van der Waals surface area contributed by atoms with Crippen molar-refractivity contribution in [1.29, 1.82) is 0 Å². The molecular weight excluding hydrogens is 308 g/mol. The summed E-state index contributed by atoms with van der Waals surface area (Å²) >= 11 is 0. The molecule has 7 nitrogen and oxygen atoms in total. The topological polar surface area (TPSA) is 83.7 Å². The molecule has 6 unspecified atom stereocenters. The lowest BCUT2D eigenvalue weighted by atomic mass is 9.74. The van der Waals surface area contributed by atoms with Gasteiger partial charge in [0.1, 0.15) is 12.3 Å². The Morgan fingerprint density at radius 2 is 2.08 bits per heavy atom. The monoisotopic (exact) mass is 338 g/mol. The van der Waals surface area contributed by atoms with Crippen molar-refractivity contribution in [2.45, 2.75) is 69.9 Å². The van der Waals surface area contributed by atoms with Crippen molar-refractivity contribution in [3.63, 3.8) is 0 Å². The van der Waals surface area contributed by atoms with E-state index < -0.39 is 0 Å². The molecule has 2 heterocycles. The Morgan fingerprint density at radius 3 is 2.83 bits per heavy atom. The third-order valence-electron chi connectivity index (χ3n) is 6.35. The number of rotatable bonds is 4. The average molecular weight is 338 g/mol. The predicted molar refractivity (Wildman–Crippen MR) is 88.5 cm³/mol. The SMILES string of the molecule is CCC1NC(C2CCC3C(CC[C@H]3NC(=O)C3COCN3)C2)NO1. The quantitative estimate of drug-likeness (QED) is 0.595. The van der Waals surface area contributed by atoms with E-state index in [2.05, 4.69) is 28.4 Å². The molecule has 24 heavy (non-hydrogen) atoms. The van der Waals surface area contributed by atoms with Gasteiger partial charge in [-0.2, -0.15) is 5.48 Å². The summed E-state index contributed by atoms with van der Waals surface area (Å²) in [6, 6.07) is 0.172. The molecule has 4 aliphatic rings. The highest BCUT2D eigenvalue weighted by molar-refractivity contribution is 5.82. The maximum absolute atomic E-state index is 12.3. The fourth-order valence-corrected chi connectivity index (χ4v) is 4.98. The minimum absolute atomic E-state index is 0.110. The van der Waals surface area contributed by atoms with E-state index >= 15 is 0 Å². The molecule has 7 atom stereocenters. The summed E-state index contributed by atoms with van der Waals surface area (Å²) in [5.41, 5.74) is 3.18. The van der Waals surface area contributed by atoms with Crippen LogP contribution in [-0.2, 0) is 14.4 Å². The Balaban J connectivity index is 1.29. The van der Waals surface area contributed by atoms with Crippen molar-refractivity contribution in [2.24, 2.45) is 17.8 Å². The van der Waals surface area contributed by atoms with Gasteiger partial charge in [-0.25, -0.2) is 0 Å². The van der Waals surface area contributed by atoms with E-state index in [0.29, 0.717) is 31.2 Å². The van der Waals surface area contributed by atoms with Crippen LogP contribution in [0.15, 0.2) is 0 Å². The third kappa shape index (κ3) is 3.32. The number of nitrogens with one attached hydrogen (secondary N) is 4. The minimum atomic E-state index is -0.171. The van der Waals surface area contributed by atoms with Gasteiger partial charge in [-0.3, -0.25) is 20.3 Å². The summed E-state index contributed by atoms with van der Waals surface area (Å²) in [6.07, 6.45) is 7.37. The summed E-state index contributed by atoms with van der Waals surface area (Å²) in [7, 11) is 0. The van der Waals surface area contributed by atoms with Gasteiger partial charge in [0.15, 0.2) is 0 Å². The first-order chi connectivity index (χ1) is 11.7. The summed E-state index contributed by atoms with van der Waals surface area (Å²) in [5, 5.41) is 9.92. The van der Waals surface area contributed by atoms with Gasteiger partial charge in [-0.1, -0.05) is 6.92 Å². The highest BCUT2D eigenvalue weighted by Gasteiger charge is 2.44. The molecule has 2 aliphatic heterocycles. The summed E-state index contributed by atoms with van der Waals surface area (Å²) in [5.74, 6) is 2.10. The molecule has 0 aromatic carbocycles. The Kier molecular flexibility index (Phi) is 5.05. The summed E-state index contributed by atoms with van der Waals surface area (Å²) < 4.78 is 5.24. The second kappa shape index (κ2) is 7.25. The summed E-state index contributed by atoms with van der Waals surface area (Å²) in [4.78, 5) is 17.9. The van der Waals surface area contributed by atoms with Crippen LogP contribution in [0.5, 0.6) is 0 Å². The maximum Gasteiger partial charge on any atom is 0.239 e. The molecule has 0 aromatic rings. The molecule has 4 rings (SSSR count). The van der Waals surface area contributed by atoms with Crippen molar-refractivity contribution in [3.05, 3.63) is 0 Å². The fraction of sp³-hybridized carbons (Fsp3) is 0.941. The lowest BCUT2D eigenvalue weighted by Gasteiger charge is -2.36. The lowest BCUT2D eigenvalue weighted by molar-refractivity contribution is -0.123. The van der Waals surface area contributed by atoms with Crippen molar-refractivity contribution < 1.29 is 14.4 Å². The second-order valence-electron chi connectivity index (χ2n) is 7.74. The van der Waals surface area contributed by atoms with Crippen molar-refractivity contribution in [1.82, 2.24) is 21.4 Å².